The van der Waals surface area contributed by atoms with Gasteiger partial charge in [-0.15, -0.1) is 0 Å². The van der Waals surface area contributed by atoms with Crippen LogP contribution in [0, 0.1) is 6.92 Å². The largest absolute Gasteiger partial charge is 0.342 e. The van der Waals surface area contributed by atoms with Crippen LogP contribution in [0.5, 0.6) is 0 Å². The number of rotatable bonds is 7. The second-order valence-corrected chi connectivity index (χ2v) is 9.22. The molecule has 0 spiro atoms. The van der Waals surface area contributed by atoms with Gasteiger partial charge >= 0.3 is 0 Å². The smallest absolute Gasteiger partial charge is 0.296 e. The normalized spacial score (nSPS) is 18.5. The van der Waals surface area contributed by atoms with E-state index < -0.39 is 15.9 Å². The van der Waals surface area contributed by atoms with Crippen molar-refractivity contribution in [3.05, 3.63) is 102 Å². The molecule has 4 rings (SSSR count). The standard InChI is InChI=1S/C25H26O5S/c1-20-12-14-24(15-13-20)31(26,27)29-19-17-23-16-18-28-25(30-23,21-8-4-2-5-9-21)22-10-6-3-7-11-22/h2-15,23H,16-19H2,1H3. The summed E-state index contributed by atoms with van der Waals surface area (Å²) < 4.78 is 42.9. The zero-order chi connectivity index (χ0) is 21.7. The summed E-state index contributed by atoms with van der Waals surface area (Å²) in [6, 6.07) is 26.3. The van der Waals surface area contributed by atoms with Gasteiger partial charge in [-0.2, -0.15) is 8.42 Å². The summed E-state index contributed by atoms with van der Waals surface area (Å²) in [5, 5.41) is 0. The molecule has 0 N–H and O–H groups in total. The van der Waals surface area contributed by atoms with Crippen molar-refractivity contribution in [2.45, 2.75) is 36.6 Å². The van der Waals surface area contributed by atoms with Crippen molar-refractivity contribution >= 4 is 10.1 Å². The van der Waals surface area contributed by atoms with Gasteiger partial charge < -0.3 is 9.47 Å². The van der Waals surface area contributed by atoms with Gasteiger partial charge in [0, 0.05) is 11.1 Å². The van der Waals surface area contributed by atoms with Crippen LogP contribution in [0.2, 0.25) is 0 Å². The minimum Gasteiger partial charge on any atom is -0.342 e. The summed E-state index contributed by atoms with van der Waals surface area (Å²) in [6.07, 6.45) is 0.896. The number of hydrogen-bond donors (Lipinski definition) is 0. The fraction of sp³-hybridized carbons (Fsp3) is 0.280. The molecule has 1 unspecified atom stereocenters. The van der Waals surface area contributed by atoms with Crippen molar-refractivity contribution < 1.29 is 22.1 Å². The van der Waals surface area contributed by atoms with Gasteiger partial charge in [0.2, 0.25) is 5.79 Å². The molecule has 0 radical (unpaired) electrons. The van der Waals surface area contributed by atoms with Crippen molar-refractivity contribution in [3.8, 4) is 0 Å². The molecule has 0 aromatic heterocycles. The molecule has 0 bridgehead atoms. The molecule has 3 aromatic rings. The molecule has 31 heavy (non-hydrogen) atoms. The predicted octanol–water partition coefficient (Wildman–Crippen LogP) is 4.80. The van der Waals surface area contributed by atoms with Crippen LogP contribution in [0.3, 0.4) is 0 Å². The van der Waals surface area contributed by atoms with Crippen LogP contribution in [0.1, 0.15) is 29.5 Å². The molecule has 1 fully saturated rings. The molecule has 3 aromatic carbocycles. The SMILES string of the molecule is Cc1ccc(S(=O)(=O)OCCC2CCOC(c3ccccc3)(c3ccccc3)O2)cc1. The molecular formula is C25H26O5S. The van der Waals surface area contributed by atoms with Gasteiger partial charge in [-0.25, -0.2) is 0 Å². The van der Waals surface area contributed by atoms with Crippen molar-refractivity contribution in [1.29, 1.82) is 0 Å². The van der Waals surface area contributed by atoms with Crippen LogP contribution in [0.15, 0.2) is 89.8 Å². The first-order valence-electron chi connectivity index (χ1n) is 10.4. The lowest BCUT2D eigenvalue weighted by Gasteiger charge is -2.41. The number of aryl methyl sites for hydroxylation is 1. The third-order valence-electron chi connectivity index (χ3n) is 5.37. The summed E-state index contributed by atoms with van der Waals surface area (Å²) >= 11 is 0. The monoisotopic (exact) mass is 438 g/mol. The third-order valence-corrected chi connectivity index (χ3v) is 6.70. The van der Waals surface area contributed by atoms with Crippen molar-refractivity contribution in [3.63, 3.8) is 0 Å². The highest BCUT2D eigenvalue weighted by atomic mass is 32.2. The number of benzene rings is 3. The average Bonchev–Trinajstić information content (AvgIpc) is 2.80. The first kappa shape index (κ1) is 21.7. The van der Waals surface area contributed by atoms with E-state index in [-0.39, 0.29) is 17.6 Å². The van der Waals surface area contributed by atoms with E-state index in [1.165, 1.54) is 0 Å². The highest BCUT2D eigenvalue weighted by Crippen LogP contribution is 2.40. The van der Waals surface area contributed by atoms with Crippen LogP contribution >= 0.6 is 0 Å². The summed E-state index contributed by atoms with van der Waals surface area (Å²) in [7, 11) is -3.80. The lowest BCUT2D eigenvalue weighted by Crippen LogP contribution is -2.43. The Morgan fingerprint density at radius 3 is 2.06 bits per heavy atom. The van der Waals surface area contributed by atoms with Crippen molar-refractivity contribution in [2.75, 3.05) is 13.2 Å². The van der Waals surface area contributed by atoms with Crippen molar-refractivity contribution in [2.24, 2.45) is 0 Å². The lowest BCUT2D eigenvalue weighted by atomic mass is 9.95. The van der Waals surface area contributed by atoms with E-state index in [1.54, 1.807) is 24.3 Å². The van der Waals surface area contributed by atoms with E-state index >= 15 is 0 Å². The zero-order valence-corrected chi connectivity index (χ0v) is 18.3. The molecule has 1 aliphatic heterocycles. The minimum atomic E-state index is -3.80. The maximum atomic E-state index is 12.5. The van der Waals surface area contributed by atoms with E-state index in [1.807, 2.05) is 67.6 Å². The van der Waals surface area contributed by atoms with Crippen LogP contribution in [-0.2, 0) is 29.6 Å². The highest BCUT2D eigenvalue weighted by molar-refractivity contribution is 7.86. The van der Waals surface area contributed by atoms with Gasteiger partial charge in [-0.1, -0.05) is 78.4 Å². The van der Waals surface area contributed by atoms with Crippen LogP contribution < -0.4 is 0 Å². The first-order chi connectivity index (χ1) is 15.0. The maximum absolute atomic E-state index is 12.5. The lowest BCUT2D eigenvalue weighted by molar-refractivity contribution is -0.279. The molecule has 0 aliphatic carbocycles. The molecule has 0 amide bonds. The number of hydrogen-bond acceptors (Lipinski definition) is 5. The van der Waals surface area contributed by atoms with Gasteiger partial charge in [-0.05, 0) is 31.9 Å². The molecule has 162 valence electrons. The van der Waals surface area contributed by atoms with Gasteiger partial charge in [0.15, 0.2) is 0 Å². The Balaban J connectivity index is 1.48. The molecule has 6 heteroatoms. The molecule has 5 nitrogen and oxygen atoms in total. The van der Waals surface area contributed by atoms with E-state index in [0.717, 1.165) is 16.7 Å². The topological polar surface area (TPSA) is 61.8 Å². The Bertz CT molecular complexity index is 1040. The maximum Gasteiger partial charge on any atom is 0.296 e. The van der Waals surface area contributed by atoms with Crippen LogP contribution in [0.4, 0.5) is 0 Å². The molecule has 1 saturated heterocycles. The summed E-state index contributed by atoms with van der Waals surface area (Å²) in [5.41, 5.74) is 2.80. The van der Waals surface area contributed by atoms with Gasteiger partial charge in [0.25, 0.3) is 10.1 Å². The molecule has 1 heterocycles. The number of ether oxygens (including phenoxy) is 2. The fourth-order valence-electron chi connectivity index (χ4n) is 3.71. The van der Waals surface area contributed by atoms with E-state index in [4.69, 9.17) is 13.7 Å². The average molecular weight is 439 g/mol. The Morgan fingerprint density at radius 2 is 1.48 bits per heavy atom. The summed E-state index contributed by atoms with van der Waals surface area (Å²) in [4.78, 5) is 0.161. The minimum absolute atomic E-state index is 0.0422. The summed E-state index contributed by atoms with van der Waals surface area (Å²) in [5.74, 6) is -1.03. The summed E-state index contributed by atoms with van der Waals surface area (Å²) in [6.45, 7) is 2.45. The van der Waals surface area contributed by atoms with Crippen molar-refractivity contribution in [1.82, 2.24) is 0 Å². The van der Waals surface area contributed by atoms with Crippen LogP contribution in [-0.4, -0.2) is 27.7 Å². The van der Waals surface area contributed by atoms with E-state index in [2.05, 4.69) is 0 Å². The Morgan fingerprint density at radius 1 is 0.903 bits per heavy atom. The van der Waals surface area contributed by atoms with Crippen LogP contribution in [0.25, 0.3) is 0 Å². The third kappa shape index (κ3) is 4.88. The van der Waals surface area contributed by atoms with Gasteiger partial charge in [-0.3, -0.25) is 4.18 Å². The molecule has 0 saturated carbocycles. The van der Waals surface area contributed by atoms with Gasteiger partial charge in [0.05, 0.1) is 24.2 Å². The van der Waals surface area contributed by atoms with E-state index in [0.29, 0.717) is 19.4 Å². The Hall–Kier alpha value is -2.51. The quantitative estimate of drug-likeness (QED) is 0.496. The first-order valence-corrected chi connectivity index (χ1v) is 11.8. The predicted molar refractivity (Wildman–Crippen MR) is 118 cm³/mol. The zero-order valence-electron chi connectivity index (χ0n) is 17.4. The fourth-order valence-corrected chi connectivity index (χ4v) is 4.63. The Labute approximate surface area is 183 Å². The molecular weight excluding hydrogens is 412 g/mol. The second-order valence-electron chi connectivity index (χ2n) is 7.60. The Kier molecular flexibility index (Phi) is 6.53. The second kappa shape index (κ2) is 9.32. The molecule has 1 aliphatic rings. The molecule has 1 atom stereocenters. The van der Waals surface area contributed by atoms with E-state index in [9.17, 15) is 8.42 Å². The van der Waals surface area contributed by atoms with Gasteiger partial charge in [0.1, 0.15) is 0 Å². The highest BCUT2D eigenvalue weighted by Gasteiger charge is 2.42.